The second-order valence-electron chi connectivity index (χ2n) is 7.55. The Kier molecular flexibility index (Phi) is 3.63. The number of rotatable bonds is 2. The molecule has 0 amide bonds. The molecule has 2 atom stereocenters. The Morgan fingerprint density at radius 3 is 2.70 bits per heavy atom. The van der Waals surface area contributed by atoms with Gasteiger partial charge in [0.15, 0.2) is 5.65 Å². The van der Waals surface area contributed by atoms with Gasteiger partial charge in [-0.3, -0.25) is 9.13 Å². The van der Waals surface area contributed by atoms with Gasteiger partial charge >= 0.3 is 5.69 Å². The first-order chi connectivity index (χ1) is 14.7. The lowest BCUT2D eigenvalue weighted by Gasteiger charge is -2.29. The zero-order chi connectivity index (χ0) is 20.2. The Balaban J connectivity index is 1.56. The van der Waals surface area contributed by atoms with Crippen LogP contribution in [0.3, 0.4) is 0 Å². The largest absolute Gasteiger partial charge is 0.388 e. The Bertz CT molecular complexity index is 1460. The number of hydrogen-bond donors (Lipinski definition) is 2. The van der Waals surface area contributed by atoms with Crippen LogP contribution in [0, 0.1) is 0 Å². The average molecular weight is 398 g/mol. The molecule has 0 saturated carbocycles. The zero-order valence-corrected chi connectivity index (χ0v) is 15.9. The number of fused-ring (bicyclic) bond motifs is 3. The van der Waals surface area contributed by atoms with Gasteiger partial charge in [0, 0.05) is 0 Å². The van der Waals surface area contributed by atoms with Crippen molar-refractivity contribution in [1.29, 1.82) is 0 Å². The highest BCUT2D eigenvalue weighted by Gasteiger charge is 2.29. The minimum atomic E-state index is -0.513. The molecule has 6 rings (SSSR count). The van der Waals surface area contributed by atoms with Crippen molar-refractivity contribution in [3.63, 3.8) is 0 Å². The summed E-state index contributed by atoms with van der Waals surface area (Å²) in [6.07, 6.45) is 4.05. The lowest BCUT2D eigenvalue weighted by Crippen LogP contribution is -2.27. The van der Waals surface area contributed by atoms with Crippen LogP contribution in [0.15, 0.2) is 65.8 Å². The summed E-state index contributed by atoms with van der Waals surface area (Å²) in [4.78, 5) is 29.4. The van der Waals surface area contributed by atoms with E-state index in [1.54, 1.807) is 17.1 Å². The number of para-hydroxylation sites is 2. The number of benzene rings is 2. The molecule has 0 radical (unpaired) electrons. The summed E-state index contributed by atoms with van der Waals surface area (Å²) in [5, 5.41) is 10.4. The first-order valence-corrected chi connectivity index (χ1v) is 9.87. The molecule has 3 heterocycles. The molecule has 0 aliphatic heterocycles. The predicted octanol–water partition coefficient (Wildman–Crippen LogP) is 2.88. The summed E-state index contributed by atoms with van der Waals surface area (Å²) < 4.78 is 3.50. The second-order valence-corrected chi connectivity index (χ2v) is 7.55. The van der Waals surface area contributed by atoms with Crippen molar-refractivity contribution in [2.24, 2.45) is 0 Å². The molecule has 0 bridgehead atoms. The molecule has 148 valence electrons. The highest BCUT2D eigenvalue weighted by Crippen LogP contribution is 2.38. The van der Waals surface area contributed by atoms with Gasteiger partial charge in [-0.2, -0.15) is 4.98 Å². The number of nitrogens with zero attached hydrogens (tertiary/aromatic N) is 5. The summed E-state index contributed by atoms with van der Waals surface area (Å²) in [6.45, 7) is 0. The molecule has 2 N–H and O–H groups in total. The summed E-state index contributed by atoms with van der Waals surface area (Å²) in [7, 11) is 0. The third kappa shape index (κ3) is 2.44. The monoisotopic (exact) mass is 398 g/mol. The molecule has 0 fully saturated rings. The number of aliphatic hydroxyl groups is 1. The predicted molar refractivity (Wildman–Crippen MR) is 112 cm³/mol. The van der Waals surface area contributed by atoms with Crippen LogP contribution in [0.2, 0.25) is 0 Å². The molecule has 1 aliphatic rings. The molecular formula is C22H18N6O2. The van der Waals surface area contributed by atoms with Gasteiger partial charge in [0.1, 0.15) is 11.8 Å². The number of nitrogens with one attached hydrogen (secondary N) is 1. The van der Waals surface area contributed by atoms with Crippen LogP contribution in [0.1, 0.15) is 36.1 Å². The number of aliphatic hydroxyl groups excluding tert-OH is 1. The fourth-order valence-electron chi connectivity index (χ4n) is 4.44. The maximum Gasteiger partial charge on any atom is 0.328 e. The molecule has 3 aromatic heterocycles. The minimum absolute atomic E-state index is 0.201. The third-order valence-electron chi connectivity index (χ3n) is 5.85. The molecule has 0 spiro atoms. The lowest BCUT2D eigenvalue weighted by atomic mass is 9.85. The summed E-state index contributed by atoms with van der Waals surface area (Å²) in [5.74, 6) is 0.452. The van der Waals surface area contributed by atoms with Gasteiger partial charge in [0.05, 0.1) is 29.4 Å². The van der Waals surface area contributed by atoms with Gasteiger partial charge in [-0.05, 0) is 36.1 Å². The fourth-order valence-corrected chi connectivity index (χ4v) is 4.44. The van der Waals surface area contributed by atoms with E-state index in [9.17, 15) is 9.90 Å². The lowest BCUT2D eigenvalue weighted by molar-refractivity contribution is 0.147. The molecule has 5 aromatic rings. The van der Waals surface area contributed by atoms with E-state index in [1.165, 1.54) is 0 Å². The van der Waals surface area contributed by atoms with Crippen molar-refractivity contribution in [1.82, 2.24) is 29.1 Å². The molecular weight excluding hydrogens is 380 g/mol. The van der Waals surface area contributed by atoms with Crippen molar-refractivity contribution in [2.45, 2.75) is 25.0 Å². The molecule has 0 saturated heterocycles. The van der Waals surface area contributed by atoms with Crippen LogP contribution in [-0.2, 0) is 0 Å². The smallest absolute Gasteiger partial charge is 0.328 e. The molecule has 8 nitrogen and oxygen atoms in total. The van der Waals surface area contributed by atoms with Crippen LogP contribution in [0.4, 0.5) is 0 Å². The normalized spacial score (nSPS) is 18.7. The number of imidazole rings is 2. The number of aromatic amines is 1. The van der Waals surface area contributed by atoms with Crippen molar-refractivity contribution in [2.75, 3.05) is 0 Å². The Hall–Kier alpha value is -3.78. The molecule has 30 heavy (non-hydrogen) atoms. The standard InChI is InChI=1S/C22H18N6O2/c29-19-10-9-17(13-5-1-2-6-14(13)19)28-20-16(25-22(28)30)11-23-21(26-20)27-12-24-15-7-3-4-8-18(15)27/h1-8,11-12,17,19,29H,9-10H2,(H,25,30)/t17?,19-/m0/s1. The topological polar surface area (TPSA) is 102 Å². The van der Waals surface area contributed by atoms with Gasteiger partial charge in [-0.25, -0.2) is 14.8 Å². The number of aromatic nitrogens is 6. The fraction of sp³-hybridized carbons (Fsp3) is 0.182. The van der Waals surface area contributed by atoms with Gasteiger partial charge in [-0.15, -0.1) is 0 Å². The minimum Gasteiger partial charge on any atom is -0.388 e. The van der Waals surface area contributed by atoms with E-state index in [-0.39, 0.29) is 11.7 Å². The molecule has 8 heteroatoms. The number of H-pyrrole nitrogens is 1. The SMILES string of the molecule is O=c1[nH]c2cnc(-n3cnc4ccccc43)nc2n1C1CC[C@H](O)c2ccccc21. The van der Waals surface area contributed by atoms with E-state index < -0.39 is 6.10 Å². The van der Waals surface area contributed by atoms with Crippen LogP contribution >= 0.6 is 0 Å². The first-order valence-electron chi connectivity index (χ1n) is 9.87. The molecule has 2 aromatic carbocycles. The Morgan fingerprint density at radius 2 is 1.80 bits per heavy atom. The summed E-state index contributed by atoms with van der Waals surface area (Å²) in [5.41, 5.74) is 4.45. The van der Waals surface area contributed by atoms with Crippen molar-refractivity contribution in [3.8, 4) is 5.95 Å². The summed E-state index contributed by atoms with van der Waals surface area (Å²) in [6, 6.07) is 15.3. The quantitative estimate of drug-likeness (QED) is 0.476. The van der Waals surface area contributed by atoms with E-state index in [4.69, 9.17) is 4.98 Å². The maximum absolute atomic E-state index is 12.9. The van der Waals surface area contributed by atoms with Crippen LogP contribution in [0.5, 0.6) is 0 Å². The highest BCUT2D eigenvalue weighted by atomic mass is 16.3. The zero-order valence-electron chi connectivity index (χ0n) is 15.9. The first kappa shape index (κ1) is 17.1. The van der Waals surface area contributed by atoms with E-state index >= 15 is 0 Å². The maximum atomic E-state index is 12.9. The van der Waals surface area contributed by atoms with Crippen molar-refractivity contribution < 1.29 is 5.11 Å². The molecule has 1 unspecified atom stereocenters. The van der Waals surface area contributed by atoms with E-state index in [0.29, 0.717) is 30.0 Å². The highest BCUT2D eigenvalue weighted by molar-refractivity contribution is 5.77. The summed E-state index contributed by atoms with van der Waals surface area (Å²) >= 11 is 0. The van der Waals surface area contributed by atoms with Crippen LogP contribution < -0.4 is 5.69 Å². The van der Waals surface area contributed by atoms with E-state index in [1.807, 2.05) is 53.1 Å². The Labute approximate surface area is 170 Å². The van der Waals surface area contributed by atoms with Crippen LogP contribution in [-0.4, -0.2) is 34.2 Å². The average Bonchev–Trinajstić information content (AvgIpc) is 3.34. The van der Waals surface area contributed by atoms with Gasteiger partial charge < -0.3 is 10.1 Å². The van der Waals surface area contributed by atoms with Crippen LogP contribution in [0.25, 0.3) is 28.1 Å². The molecule has 1 aliphatic carbocycles. The number of hydrogen-bond acceptors (Lipinski definition) is 5. The van der Waals surface area contributed by atoms with Gasteiger partial charge in [0.25, 0.3) is 0 Å². The van der Waals surface area contributed by atoms with Crippen molar-refractivity contribution in [3.05, 3.63) is 82.7 Å². The second kappa shape index (κ2) is 6.36. The van der Waals surface area contributed by atoms with Crippen molar-refractivity contribution >= 4 is 22.2 Å². The van der Waals surface area contributed by atoms with E-state index in [0.717, 1.165) is 22.2 Å². The van der Waals surface area contributed by atoms with E-state index in [2.05, 4.69) is 15.0 Å². The Morgan fingerprint density at radius 1 is 1.00 bits per heavy atom. The third-order valence-corrected chi connectivity index (χ3v) is 5.85. The van der Waals surface area contributed by atoms with Gasteiger partial charge in [-0.1, -0.05) is 36.4 Å². The van der Waals surface area contributed by atoms with Gasteiger partial charge in [0.2, 0.25) is 5.95 Å².